The highest BCUT2D eigenvalue weighted by molar-refractivity contribution is 7.99. The molecule has 6 heteroatoms. The minimum Gasteiger partial charge on any atom is -0.399 e. The average Bonchev–Trinajstić information content (AvgIpc) is 2.75. The van der Waals surface area contributed by atoms with Crippen LogP contribution in [0.4, 0.5) is 5.69 Å². The molecule has 1 unspecified atom stereocenters. The highest BCUT2D eigenvalue weighted by atomic mass is 32.2. The molecule has 2 rings (SSSR count). The van der Waals surface area contributed by atoms with Gasteiger partial charge < -0.3 is 5.73 Å². The van der Waals surface area contributed by atoms with Gasteiger partial charge in [0.05, 0.1) is 4.90 Å². The maximum absolute atomic E-state index is 12.3. The monoisotopic (exact) mass is 286 g/mol. The van der Waals surface area contributed by atoms with Crippen LogP contribution in [0.1, 0.15) is 17.5 Å². The molecule has 3 N–H and O–H groups in total. The second-order valence-electron chi connectivity index (χ2n) is 4.64. The Kier molecular flexibility index (Phi) is 3.89. The van der Waals surface area contributed by atoms with Gasteiger partial charge in [-0.2, -0.15) is 11.8 Å². The summed E-state index contributed by atoms with van der Waals surface area (Å²) in [7, 11) is -3.46. The Morgan fingerprint density at radius 2 is 2.11 bits per heavy atom. The van der Waals surface area contributed by atoms with Crippen molar-refractivity contribution in [1.82, 2.24) is 4.72 Å². The van der Waals surface area contributed by atoms with Gasteiger partial charge in [0.15, 0.2) is 0 Å². The minimum atomic E-state index is -3.46. The van der Waals surface area contributed by atoms with Crippen molar-refractivity contribution in [2.75, 3.05) is 17.2 Å². The van der Waals surface area contributed by atoms with Gasteiger partial charge in [-0.05, 0) is 49.3 Å². The van der Waals surface area contributed by atoms with Gasteiger partial charge >= 0.3 is 0 Å². The topological polar surface area (TPSA) is 72.2 Å². The van der Waals surface area contributed by atoms with Crippen molar-refractivity contribution in [2.45, 2.75) is 31.2 Å². The number of rotatable bonds is 3. The number of nitrogens with one attached hydrogen (secondary N) is 1. The fourth-order valence-electron chi connectivity index (χ4n) is 2.04. The van der Waals surface area contributed by atoms with E-state index in [0.717, 1.165) is 29.1 Å². The molecule has 0 spiro atoms. The lowest BCUT2D eigenvalue weighted by molar-refractivity contribution is 0.562. The van der Waals surface area contributed by atoms with E-state index < -0.39 is 10.0 Å². The van der Waals surface area contributed by atoms with Crippen LogP contribution in [0.5, 0.6) is 0 Å². The van der Waals surface area contributed by atoms with Gasteiger partial charge in [-0.25, -0.2) is 13.1 Å². The number of hydrogen-bond acceptors (Lipinski definition) is 4. The highest BCUT2D eigenvalue weighted by Crippen LogP contribution is 2.24. The quantitative estimate of drug-likeness (QED) is 0.829. The number of nitrogen functional groups attached to an aromatic ring is 1. The third kappa shape index (κ3) is 2.81. The van der Waals surface area contributed by atoms with Crippen LogP contribution in [-0.2, 0) is 10.0 Å². The third-order valence-corrected chi connectivity index (χ3v) is 5.99. The maximum atomic E-state index is 12.3. The van der Waals surface area contributed by atoms with E-state index in [1.165, 1.54) is 6.07 Å². The number of anilines is 1. The lowest BCUT2D eigenvalue weighted by atomic mass is 10.1. The molecule has 1 aliphatic rings. The molecule has 18 heavy (non-hydrogen) atoms. The van der Waals surface area contributed by atoms with E-state index in [1.54, 1.807) is 17.8 Å². The summed E-state index contributed by atoms with van der Waals surface area (Å²) in [6, 6.07) is 3.37. The molecule has 4 nitrogen and oxygen atoms in total. The lowest BCUT2D eigenvalue weighted by Crippen LogP contribution is -2.35. The van der Waals surface area contributed by atoms with Gasteiger partial charge in [-0.3, -0.25) is 0 Å². The van der Waals surface area contributed by atoms with E-state index in [2.05, 4.69) is 4.72 Å². The zero-order valence-corrected chi connectivity index (χ0v) is 12.2. The van der Waals surface area contributed by atoms with Crippen molar-refractivity contribution in [3.63, 3.8) is 0 Å². The highest BCUT2D eigenvalue weighted by Gasteiger charge is 2.25. The third-order valence-electron chi connectivity index (χ3n) is 3.18. The predicted molar refractivity (Wildman–Crippen MR) is 76.4 cm³/mol. The normalized spacial score (nSPS) is 20.2. The van der Waals surface area contributed by atoms with Gasteiger partial charge in [0.1, 0.15) is 0 Å². The molecule has 1 saturated heterocycles. The first kappa shape index (κ1) is 13.7. The largest absolute Gasteiger partial charge is 0.399 e. The fraction of sp³-hybridized carbons (Fsp3) is 0.500. The molecule has 0 aliphatic carbocycles. The van der Waals surface area contributed by atoms with Crippen molar-refractivity contribution in [1.29, 1.82) is 0 Å². The van der Waals surface area contributed by atoms with Gasteiger partial charge in [0.2, 0.25) is 10.0 Å². The van der Waals surface area contributed by atoms with E-state index in [1.807, 2.05) is 13.8 Å². The second-order valence-corrected chi connectivity index (χ2v) is 7.47. The fourth-order valence-corrected chi connectivity index (χ4v) is 4.92. The predicted octanol–water partition coefficient (Wildman–Crippen LogP) is 1.67. The van der Waals surface area contributed by atoms with Crippen LogP contribution >= 0.6 is 11.8 Å². The Hall–Kier alpha value is -0.720. The van der Waals surface area contributed by atoms with E-state index >= 15 is 0 Å². The molecule has 1 atom stereocenters. The van der Waals surface area contributed by atoms with Crippen LogP contribution in [-0.4, -0.2) is 26.0 Å². The van der Waals surface area contributed by atoms with Gasteiger partial charge in [0.25, 0.3) is 0 Å². The molecule has 1 aliphatic heterocycles. The maximum Gasteiger partial charge on any atom is 0.241 e. The molecule has 0 bridgehead atoms. The lowest BCUT2D eigenvalue weighted by Gasteiger charge is -2.15. The standard InChI is InChI=1S/C12H18N2O2S2/c1-8-5-10(13)6-12(9(8)2)18(15,16)14-11-3-4-17-7-11/h5-6,11,14H,3-4,7,13H2,1-2H3. The molecule has 0 radical (unpaired) electrons. The van der Waals surface area contributed by atoms with Crippen molar-refractivity contribution in [3.8, 4) is 0 Å². The summed E-state index contributed by atoms with van der Waals surface area (Å²) in [5.74, 6) is 1.86. The first-order valence-electron chi connectivity index (χ1n) is 5.87. The first-order valence-corrected chi connectivity index (χ1v) is 8.51. The molecule has 0 saturated carbocycles. The molecule has 1 heterocycles. The number of hydrogen-bond donors (Lipinski definition) is 2. The SMILES string of the molecule is Cc1cc(N)cc(S(=O)(=O)NC2CCSC2)c1C. The van der Waals surface area contributed by atoms with Crippen molar-refractivity contribution >= 4 is 27.5 Å². The molecule has 1 fully saturated rings. The van der Waals surface area contributed by atoms with E-state index in [-0.39, 0.29) is 6.04 Å². The summed E-state index contributed by atoms with van der Waals surface area (Å²) in [6.07, 6.45) is 0.893. The van der Waals surface area contributed by atoms with Gasteiger partial charge in [0, 0.05) is 17.5 Å². The Morgan fingerprint density at radius 1 is 1.39 bits per heavy atom. The number of aryl methyl sites for hydroxylation is 1. The Morgan fingerprint density at radius 3 is 2.72 bits per heavy atom. The van der Waals surface area contributed by atoms with E-state index in [4.69, 9.17) is 5.73 Å². The van der Waals surface area contributed by atoms with Gasteiger partial charge in [-0.1, -0.05) is 0 Å². The summed E-state index contributed by atoms with van der Waals surface area (Å²) in [4.78, 5) is 0.303. The Balaban J connectivity index is 2.34. The minimum absolute atomic E-state index is 0.0427. The van der Waals surface area contributed by atoms with Crippen LogP contribution in [0.3, 0.4) is 0 Å². The number of benzene rings is 1. The summed E-state index contributed by atoms with van der Waals surface area (Å²) < 4.78 is 27.4. The van der Waals surface area contributed by atoms with Crippen LogP contribution in [0.25, 0.3) is 0 Å². The van der Waals surface area contributed by atoms with E-state index in [9.17, 15) is 8.42 Å². The first-order chi connectivity index (χ1) is 8.40. The van der Waals surface area contributed by atoms with Crippen molar-refractivity contribution in [3.05, 3.63) is 23.3 Å². The van der Waals surface area contributed by atoms with Crippen LogP contribution in [0.2, 0.25) is 0 Å². The smallest absolute Gasteiger partial charge is 0.241 e. The van der Waals surface area contributed by atoms with Crippen LogP contribution in [0.15, 0.2) is 17.0 Å². The van der Waals surface area contributed by atoms with Gasteiger partial charge in [-0.15, -0.1) is 0 Å². The van der Waals surface area contributed by atoms with Crippen LogP contribution in [0, 0.1) is 13.8 Å². The molecule has 0 amide bonds. The number of thioether (sulfide) groups is 1. The molecular weight excluding hydrogens is 268 g/mol. The number of sulfonamides is 1. The molecule has 100 valence electrons. The summed E-state index contributed by atoms with van der Waals surface area (Å²) in [5.41, 5.74) is 7.89. The molecular formula is C12H18N2O2S2. The van der Waals surface area contributed by atoms with E-state index in [0.29, 0.717) is 10.6 Å². The van der Waals surface area contributed by atoms with Crippen LogP contribution < -0.4 is 10.5 Å². The zero-order valence-electron chi connectivity index (χ0n) is 10.6. The van der Waals surface area contributed by atoms with Crippen molar-refractivity contribution in [2.24, 2.45) is 0 Å². The summed E-state index contributed by atoms with van der Waals surface area (Å²) in [6.45, 7) is 3.68. The molecule has 1 aromatic rings. The number of nitrogens with two attached hydrogens (primary N) is 1. The Labute approximate surface area is 112 Å². The molecule has 0 aromatic heterocycles. The second kappa shape index (κ2) is 5.11. The molecule has 1 aromatic carbocycles. The van der Waals surface area contributed by atoms with Crippen molar-refractivity contribution < 1.29 is 8.42 Å². The summed E-state index contributed by atoms with van der Waals surface area (Å²) in [5, 5.41) is 0. The average molecular weight is 286 g/mol. The Bertz CT molecular complexity index is 549. The summed E-state index contributed by atoms with van der Waals surface area (Å²) >= 11 is 1.78. The zero-order chi connectivity index (χ0) is 13.3.